The summed E-state index contributed by atoms with van der Waals surface area (Å²) < 4.78 is 13.3. The van der Waals surface area contributed by atoms with Crippen molar-refractivity contribution >= 4 is 82.5 Å². The van der Waals surface area contributed by atoms with Crippen LogP contribution in [-0.2, 0) is 0 Å². The molecule has 11 rings (SSSR count). The van der Waals surface area contributed by atoms with Crippen LogP contribution in [0.1, 0.15) is 0 Å². The van der Waals surface area contributed by atoms with Gasteiger partial charge in [-0.2, -0.15) is 0 Å². The van der Waals surface area contributed by atoms with Gasteiger partial charge in [-0.05, 0) is 63.7 Å². The van der Waals surface area contributed by atoms with E-state index in [0.29, 0.717) is 0 Å². The van der Waals surface area contributed by atoms with E-state index in [-0.39, 0.29) is 0 Å². The molecular weight excluding hydrogens is 647 g/mol. The minimum Gasteiger partial charge on any atom is -0.455 e. The van der Waals surface area contributed by atoms with Crippen LogP contribution in [0.15, 0.2) is 197 Å². The second-order valence-corrected chi connectivity index (χ2v) is 13.6. The van der Waals surface area contributed by atoms with Crippen molar-refractivity contribution in [3.05, 3.63) is 188 Å². The number of fused-ring (bicyclic) bond motifs is 9. The van der Waals surface area contributed by atoms with E-state index in [1.54, 1.807) is 0 Å². The Morgan fingerprint density at radius 3 is 1.66 bits per heavy atom. The monoisotopic (exact) mass is 677 g/mol. The van der Waals surface area contributed by atoms with Gasteiger partial charge in [0.2, 0.25) is 0 Å². The first-order valence-corrected chi connectivity index (χ1v) is 18.0. The molecule has 0 aliphatic rings. The molecule has 53 heavy (non-hydrogen) atoms. The quantitative estimate of drug-likeness (QED) is 0.170. The maximum absolute atomic E-state index is 6.89. The maximum Gasteiger partial charge on any atom is 0.160 e. The summed E-state index contributed by atoms with van der Waals surface area (Å²) in [5.74, 6) is 0. The molecule has 2 aromatic heterocycles. The lowest BCUT2D eigenvalue weighted by Gasteiger charge is -2.30. The van der Waals surface area contributed by atoms with Crippen LogP contribution in [0.4, 0.5) is 17.1 Å². The minimum atomic E-state index is 0.848. The van der Waals surface area contributed by atoms with Crippen molar-refractivity contribution in [2.24, 2.45) is 0 Å². The topological polar surface area (TPSA) is 29.5 Å². The predicted molar refractivity (Wildman–Crippen MR) is 222 cm³/mol. The van der Waals surface area contributed by atoms with Crippen LogP contribution in [-0.4, -0.2) is 0 Å². The van der Waals surface area contributed by atoms with Gasteiger partial charge < -0.3 is 13.7 Å². The summed E-state index contributed by atoms with van der Waals surface area (Å²) in [7, 11) is 0. The molecule has 0 saturated heterocycles. The molecule has 0 fully saturated rings. The zero-order valence-corrected chi connectivity index (χ0v) is 28.7. The Labute approximate surface area is 305 Å². The van der Waals surface area contributed by atoms with E-state index in [2.05, 4.69) is 175 Å². The van der Waals surface area contributed by atoms with E-state index < -0.39 is 0 Å². The first-order chi connectivity index (χ1) is 26.3. The second-order valence-electron chi connectivity index (χ2n) is 13.6. The largest absolute Gasteiger partial charge is 0.455 e. The Morgan fingerprint density at radius 2 is 0.906 bits per heavy atom. The number of rotatable bonds is 5. The first-order valence-electron chi connectivity index (χ1n) is 18.0. The van der Waals surface area contributed by atoms with Crippen molar-refractivity contribution in [3.8, 4) is 22.3 Å². The lowest BCUT2D eigenvalue weighted by molar-refractivity contribution is 0.669. The zero-order valence-electron chi connectivity index (χ0n) is 28.7. The molecular formula is C50H31NO2. The highest BCUT2D eigenvalue weighted by Crippen LogP contribution is 2.50. The molecule has 0 bridgehead atoms. The normalized spacial score (nSPS) is 11.8. The van der Waals surface area contributed by atoms with Crippen LogP contribution in [0, 0.1) is 0 Å². The van der Waals surface area contributed by atoms with E-state index in [1.165, 1.54) is 16.2 Å². The molecule has 0 spiro atoms. The molecule has 0 radical (unpaired) electrons. The van der Waals surface area contributed by atoms with Crippen LogP contribution >= 0.6 is 0 Å². The highest BCUT2D eigenvalue weighted by atomic mass is 16.3. The number of anilines is 3. The van der Waals surface area contributed by atoms with E-state index >= 15 is 0 Å². The Morgan fingerprint density at radius 1 is 0.340 bits per heavy atom. The number of furan rings is 2. The van der Waals surface area contributed by atoms with E-state index in [1.807, 2.05) is 18.2 Å². The van der Waals surface area contributed by atoms with Gasteiger partial charge in [0.1, 0.15) is 16.7 Å². The third kappa shape index (κ3) is 4.61. The van der Waals surface area contributed by atoms with Gasteiger partial charge in [-0.15, -0.1) is 0 Å². The molecule has 248 valence electrons. The summed E-state index contributed by atoms with van der Waals surface area (Å²) >= 11 is 0. The fourth-order valence-corrected chi connectivity index (χ4v) is 8.22. The van der Waals surface area contributed by atoms with Gasteiger partial charge in [0.05, 0.1) is 11.4 Å². The lowest BCUT2D eigenvalue weighted by atomic mass is 9.96. The van der Waals surface area contributed by atoms with Gasteiger partial charge in [-0.1, -0.05) is 152 Å². The van der Waals surface area contributed by atoms with E-state index in [4.69, 9.17) is 8.83 Å². The zero-order chi connectivity index (χ0) is 34.9. The van der Waals surface area contributed by atoms with Crippen LogP contribution in [0.2, 0.25) is 0 Å². The van der Waals surface area contributed by atoms with Gasteiger partial charge in [0.15, 0.2) is 5.58 Å². The van der Waals surface area contributed by atoms with Gasteiger partial charge in [-0.3, -0.25) is 0 Å². The Bertz CT molecular complexity index is 3170. The third-order valence-electron chi connectivity index (χ3n) is 10.7. The van der Waals surface area contributed by atoms with Gasteiger partial charge in [0.25, 0.3) is 0 Å². The highest BCUT2D eigenvalue weighted by molar-refractivity contribution is 6.18. The summed E-state index contributed by atoms with van der Waals surface area (Å²) in [6.07, 6.45) is 0. The molecule has 0 aliphatic carbocycles. The molecule has 3 nitrogen and oxygen atoms in total. The molecule has 0 amide bonds. The molecule has 9 aromatic carbocycles. The molecule has 0 N–H and O–H groups in total. The van der Waals surface area contributed by atoms with Crippen LogP contribution < -0.4 is 4.90 Å². The van der Waals surface area contributed by atoms with Gasteiger partial charge in [-0.25, -0.2) is 0 Å². The van der Waals surface area contributed by atoms with Crippen molar-refractivity contribution in [2.75, 3.05) is 4.90 Å². The standard InChI is InChI=1S/C50H31NO2/c1-2-13-32(14-3-1)37-29-30-44-42-20-9-11-24-47(42)53-50(44)48(37)51(45-31-34-15-4-5-16-36(34)39-17-6-7-18-40(39)45)35-27-25-33(26-28-35)38-21-12-22-43-41-19-8-10-23-46(41)52-49(38)43/h1-31H. The number of hydrogen-bond donors (Lipinski definition) is 0. The van der Waals surface area contributed by atoms with Crippen LogP contribution in [0.3, 0.4) is 0 Å². The Balaban J connectivity index is 1.22. The lowest BCUT2D eigenvalue weighted by Crippen LogP contribution is -2.12. The van der Waals surface area contributed by atoms with E-state index in [0.717, 1.165) is 88.6 Å². The fourth-order valence-electron chi connectivity index (χ4n) is 8.22. The van der Waals surface area contributed by atoms with Crippen LogP contribution in [0.5, 0.6) is 0 Å². The van der Waals surface area contributed by atoms with Crippen molar-refractivity contribution in [1.82, 2.24) is 0 Å². The smallest absolute Gasteiger partial charge is 0.160 e. The second kappa shape index (κ2) is 11.7. The summed E-state index contributed by atoms with van der Waals surface area (Å²) in [6.45, 7) is 0. The Hall–Kier alpha value is -7.10. The number of nitrogens with zero attached hydrogens (tertiary/aromatic N) is 1. The van der Waals surface area contributed by atoms with Crippen molar-refractivity contribution in [3.63, 3.8) is 0 Å². The Kier molecular flexibility index (Phi) is 6.55. The molecule has 0 saturated carbocycles. The average Bonchev–Trinajstić information content (AvgIpc) is 3.81. The predicted octanol–water partition coefficient (Wildman–Crippen LogP) is 14.6. The van der Waals surface area contributed by atoms with Crippen molar-refractivity contribution in [1.29, 1.82) is 0 Å². The molecule has 0 aliphatic heterocycles. The number of para-hydroxylation sites is 3. The fraction of sp³-hybridized carbons (Fsp3) is 0. The molecule has 0 unspecified atom stereocenters. The van der Waals surface area contributed by atoms with Crippen LogP contribution in [0.25, 0.3) is 87.7 Å². The van der Waals surface area contributed by atoms with Crippen molar-refractivity contribution in [2.45, 2.75) is 0 Å². The average molecular weight is 678 g/mol. The maximum atomic E-state index is 6.89. The summed E-state index contributed by atoms with van der Waals surface area (Å²) in [4.78, 5) is 2.41. The van der Waals surface area contributed by atoms with Gasteiger partial charge >= 0.3 is 0 Å². The highest BCUT2D eigenvalue weighted by Gasteiger charge is 2.26. The summed E-state index contributed by atoms with van der Waals surface area (Å²) in [5.41, 5.74) is 11.0. The number of benzene rings is 9. The summed E-state index contributed by atoms with van der Waals surface area (Å²) in [5, 5.41) is 9.20. The first kappa shape index (κ1) is 29.6. The van der Waals surface area contributed by atoms with Crippen molar-refractivity contribution < 1.29 is 8.83 Å². The third-order valence-corrected chi connectivity index (χ3v) is 10.7. The molecule has 2 heterocycles. The molecule has 3 heteroatoms. The minimum absolute atomic E-state index is 0.848. The van der Waals surface area contributed by atoms with E-state index in [9.17, 15) is 0 Å². The molecule has 11 aromatic rings. The summed E-state index contributed by atoms with van der Waals surface area (Å²) in [6, 6.07) is 66.7. The van der Waals surface area contributed by atoms with Gasteiger partial charge in [0, 0.05) is 43.7 Å². The number of hydrogen-bond acceptors (Lipinski definition) is 3. The SMILES string of the molecule is c1ccc(-c2ccc3c(oc4ccccc43)c2N(c2ccc(-c3cccc4c3oc3ccccc34)cc2)c2cc3ccccc3c3ccccc23)cc1. The molecule has 0 atom stereocenters.